The van der Waals surface area contributed by atoms with Gasteiger partial charge in [0.15, 0.2) is 0 Å². The lowest BCUT2D eigenvalue weighted by Gasteiger charge is -2.19. The van der Waals surface area contributed by atoms with Crippen molar-refractivity contribution in [1.29, 1.82) is 0 Å². The SMILES string of the molecule is CCNC(CCN1CCC(C)C1)C(=O)O. The van der Waals surface area contributed by atoms with Gasteiger partial charge in [0.05, 0.1) is 0 Å². The van der Waals surface area contributed by atoms with Crippen molar-refractivity contribution in [2.45, 2.75) is 32.7 Å². The molecule has 0 amide bonds. The minimum absolute atomic E-state index is 0.383. The molecule has 1 aliphatic heterocycles. The summed E-state index contributed by atoms with van der Waals surface area (Å²) in [5, 5.41) is 11.9. The minimum Gasteiger partial charge on any atom is -0.480 e. The molecule has 15 heavy (non-hydrogen) atoms. The summed E-state index contributed by atoms with van der Waals surface area (Å²) in [6.45, 7) is 8.05. The lowest BCUT2D eigenvalue weighted by atomic mass is 10.2. The van der Waals surface area contributed by atoms with Gasteiger partial charge in [0.1, 0.15) is 6.04 Å². The zero-order valence-electron chi connectivity index (χ0n) is 9.70. The number of nitrogens with one attached hydrogen (secondary N) is 1. The van der Waals surface area contributed by atoms with Crippen LogP contribution in [0.1, 0.15) is 26.7 Å². The van der Waals surface area contributed by atoms with E-state index >= 15 is 0 Å². The smallest absolute Gasteiger partial charge is 0.320 e. The number of carbonyl (C=O) groups is 1. The lowest BCUT2D eigenvalue weighted by Crippen LogP contribution is -2.39. The van der Waals surface area contributed by atoms with Gasteiger partial charge in [-0.05, 0) is 31.8 Å². The molecule has 0 aromatic carbocycles. The second kappa shape index (κ2) is 6.08. The van der Waals surface area contributed by atoms with E-state index in [0.717, 1.165) is 25.6 Å². The molecular formula is C11H22N2O2. The van der Waals surface area contributed by atoms with Crippen LogP contribution in [0, 0.1) is 5.92 Å². The fourth-order valence-corrected chi connectivity index (χ4v) is 2.10. The zero-order chi connectivity index (χ0) is 11.3. The van der Waals surface area contributed by atoms with Gasteiger partial charge in [-0.15, -0.1) is 0 Å². The number of nitrogens with zero attached hydrogens (tertiary/aromatic N) is 1. The van der Waals surface area contributed by atoms with Crippen LogP contribution >= 0.6 is 0 Å². The molecule has 4 nitrogen and oxygen atoms in total. The number of carboxylic acids is 1. The first-order valence-electron chi connectivity index (χ1n) is 5.82. The summed E-state index contributed by atoms with van der Waals surface area (Å²) in [4.78, 5) is 13.2. The predicted molar refractivity (Wildman–Crippen MR) is 59.9 cm³/mol. The van der Waals surface area contributed by atoms with E-state index in [0.29, 0.717) is 13.0 Å². The van der Waals surface area contributed by atoms with Gasteiger partial charge >= 0.3 is 5.97 Å². The van der Waals surface area contributed by atoms with Crippen molar-refractivity contribution in [2.75, 3.05) is 26.2 Å². The standard InChI is InChI=1S/C11H22N2O2/c1-3-12-10(11(14)15)5-7-13-6-4-9(2)8-13/h9-10,12H,3-8H2,1-2H3,(H,14,15). The first kappa shape index (κ1) is 12.5. The van der Waals surface area contributed by atoms with E-state index in [-0.39, 0.29) is 6.04 Å². The molecule has 1 rings (SSSR count). The van der Waals surface area contributed by atoms with Gasteiger partial charge in [-0.25, -0.2) is 0 Å². The average molecular weight is 214 g/mol. The van der Waals surface area contributed by atoms with Crippen LogP contribution in [0.4, 0.5) is 0 Å². The van der Waals surface area contributed by atoms with Gasteiger partial charge < -0.3 is 15.3 Å². The third-order valence-corrected chi connectivity index (χ3v) is 2.99. The van der Waals surface area contributed by atoms with Gasteiger partial charge in [-0.2, -0.15) is 0 Å². The van der Waals surface area contributed by atoms with E-state index in [1.165, 1.54) is 6.42 Å². The molecule has 0 aliphatic carbocycles. The van der Waals surface area contributed by atoms with Crippen molar-refractivity contribution in [3.05, 3.63) is 0 Å². The highest BCUT2D eigenvalue weighted by molar-refractivity contribution is 5.73. The second-order valence-corrected chi connectivity index (χ2v) is 4.43. The van der Waals surface area contributed by atoms with Crippen LogP contribution in [0.15, 0.2) is 0 Å². The number of hydrogen-bond acceptors (Lipinski definition) is 3. The fourth-order valence-electron chi connectivity index (χ4n) is 2.10. The second-order valence-electron chi connectivity index (χ2n) is 4.43. The van der Waals surface area contributed by atoms with E-state index < -0.39 is 5.97 Å². The van der Waals surface area contributed by atoms with Gasteiger partial charge in [-0.1, -0.05) is 13.8 Å². The molecule has 0 spiro atoms. The zero-order valence-corrected chi connectivity index (χ0v) is 9.70. The molecule has 1 aliphatic rings. The third kappa shape index (κ3) is 4.18. The molecule has 0 radical (unpaired) electrons. The van der Waals surface area contributed by atoms with Crippen molar-refractivity contribution in [3.8, 4) is 0 Å². The fraction of sp³-hybridized carbons (Fsp3) is 0.909. The number of likely N-dealkylation sites (tertiary alicyclic amines) is 1. The normalized spacial score (nSPS) is 24.3. The van der Waals surface area contributed by atoms with Gasteiger partial charge in [0.25, 0.3) is 0 Å². The maximum atomic E-state index is 10.9. The maximum Gasteiger partial charge on any atom is 0.320 e. The van der Waals surface area contributed by atoms with Crippen LogP contribution in [-0.4, -0.2) is 48.2 Å². The van der Waals surface area contributed by atoms with E-state index in [1.807, 2.05) is 6.92 Å². The summed E-state index contributed by atoms with van der Waals surface area (Å²) >= 11 is 0. The minimum atomic E-state index is -0.732. The Balaban J connectivity index is 2.24. The van der Waals surface area contributed by atoms with Crippen LogP contribution in [0.2, 0.25) is 0 Å². The Morgan fingerprint density at radius 1 is 1.67 bits per heavy atom. The van der Waals surface area contributed by atoms with E-state index in [2.05, 4.69) is 17.1 Å². The molecule has 0 aromatic rings. The maximum absolute atomic E-state index is 10.9. The predicted octanol–water partition coefficient (Wildman–Crippen LogP) is 0.781. The Morgan fingerprint density at radius 2 is 2.40 bits per heavy atom. The molecule has 88 valence electrons. The van der Waals surface area contributed by atoms with E-state index in [9.17, 15) is 4.79 Å². The Labute approximate surface area is 91.6 Å². The highest BCUT2D eigenvalue weighted by atomic mass is 16.4. The van der Waals surface area contributed by atoms with Crippen LogP contribution in [0.3, 0.4) is 0 Å². The van der Waals surface area contributed by atoms with Gasteiger partial charge in [0, 0.05) is 13.1 Å². The molecule has 2 atom stereocenters. The van der Waals surface area contributed by atoms with Crippen molar-refractivity contribution >= 4 is 5.97 Å². The molecule has 0 saturated carbocycles. The van der Waals surface area contributed by atoms with Crippen molar-refractivity contribution < 1.29 is 9.90 Å². The third-order valence-electron chi connectivity index (χ3n) is 2.99. The highest BCUT2D eigenvalue weighted by Crippen LogP contribution is 2.15. The largest absolute Gasteiger partial charge is 0.480 e. The average Bonchev–Trinajstić information content (AvgIpc) is 2.58. The quantitative estimate of drug-likeness (QED) is 0.686. The van der Waals surface area contributed by atoms with Crippen LogP contribution in [0.5, 0.6) is 0 Å². The van der Waals surface area contributed by atoms with Gasteiger partial charge in [-0.3, -0.25) is 4.79 Å². The van der Waals surface area contributed by atoms with Crippen LogP contribution in [0.25, 0.3) is 0 Å². The molecule has 1 fully saturated rings. The van der Waals surface area contributed by atoms with E-state index in [4.69, 9.17) is 5.11 Å². The van der Waals surface area contributed by atoms with Crippen LogP contribution < -0.4 is 5.32 Å². The van der Waals surface area contributed by atoms with Crippen LogP contribution in [-0.2, 0) is 4.79 Å². The summed E-state index contributed by atoms with van der Waals surface area (Å²) in [6.07, 6.45) is 1.95. The molecule has 2 unspecified atom stereocenters. The first-order chi connectivity index (χ1) is 7.13. The number of carboxylic acid groups (broad SMARTS) is 1. The number of aliphatic carboxylic acids is 1. The molecule has 4 heteroatoms. The molecule has 0 aromatic heterocycles. The Hall–Kier alpha value is -0.610. The Bertz CT molecular complexity index is 209. The number of likely N-dealkylation sites (N-methyl/N-ethyl adjacent to an activating group) is 1. The molecular weight excluding hydrogens is 192 g/mol. The first-order valence-corrected chi connectivity index (χ1v) is 5.82. The monoisotopic (exact) mass is 214 g/mol. The number of rotatable bonds is 6. The highest BCUT2D eigenvalue weighted by Gasteiger charge is 2.21. The summed E-state index contributed by atoms with van der Waals surface area (Å²) in [7, 11) is 0. The Morgan fingerprint density at radius 3 is 2.87 bits per heavy atom. The van der Waals surface area contributed by atoms with Crippen molar-refractivity contribution in [2.24, 2.45) is 5.92 Å². The van der Waals surface area contributed by atoms with Crippen molar-refractivity contribution in [3.63, 3.8) is 0 Å². The molecule has 2 N–H and O–H groups in total. The summed E-state index contributed by atoms with van der Waals surface area (Å²) < 4.78 is 0. The lowest BCUT2D eigenvalue weighted by molar-refractivity contribution is -0.139. The summed E-state index contributed by atoms with van der Waals surface area (Å²) in [5.74, 6) is 0.0384. The summed E-state index contributed by atoms with van der Waals surface area (Å²) in [6, 6.07) is -0.383. The molecule has 0 bridgehead atoms. The molecule has 1 heterocycles. The Kier molecular flexibility index (Phi) is 5.05. The van der Waals surface area contributed by atoms with E-state index in [1.54, 1.807) is 0 Å². The summed E-state index contributed by atoms with van der Waals surface area (Å²) in [5.41, 5.74) is 0. The topological polar surface area (TPSA) is 52.6 Å². The van der Waals surface area contributed by atoms with Gasteiger partial charge in [0.2, 0.25) is 0 Å². The molecule has 1 saturated heterocycles. The van der Waals surface area contributed by atoms with Crippen molar-refractivity contribution in [1.82, 2.24) is 10.2 Å². The number of hydrogen-bond donors (Lipinski definition) is 2.